The van der Waals surface area contributed by atoms with Crippen LogP contribution in [-0.2, 0) is 16.9 Å². The molecule has 2 aromatic rings. The summed E-state index contributed by atoms with van der Waals surface area (Å²) in [6.45, 7) is 2.07. The molecule has 3 rings (SSSR count). The first-order valence-corrected chi connectivity index (χ1v) is 9.01. The number of nitrogens with one attached hydrogen (secondary N) is 1. The van der Waals surface area contributed by atoms with Crippen molar-refractivity contribution in [1.29, 1.82) is 0 Å². The second-order valence-electron chi connectivity index (χ2n) is 7.22. The minimum atomic E-state index is -4.36. The van der Waals surface area contributed by atoms with Crippen molar-refractivity contribution >= 4 is 5.97 Å². The van der Waals surface area contributed by atoms with Crippen LogP contribution in [0.15, 0.2) is 48.5 Å². The fourth-order valence-corrected chi connectivity index (χ4v) is 3.63. The van der Waals surface area contributed by atoms with Crippen LogP contribution in [0.4, 0.5) is 13.2 Å². The van der Waals surface area contributed by atoms with Crippen molar-refractivity contribution in [1.82, 2.24) is 5.32 Å². The number of carbonyl (C=O) groups is 1. The van der Waals surface area contributed by atoms with Gasteiger partial charge in [0.15, 0.2) is 0 Å². The molecule has 150 valence electrons. The van der Waals surface area contributed by atoms with Gasteiger partial charge in [0.1, 0.15) is 12.4 Å². The second-order valence-corrected chi connectivity index (χ2v) is 7.22. The molecule has 7 heteroatoms. The molecule has 0 aliphatic carbocycles. The van der Waals surface area contributed by atoms with Crippen molar-refractivity contribution in [3.05, 3.63) is 65.2 Å². The van der Waals surface area contributed by atoms with Crippen molar-refractivity contribution in [3.63, 3.8) is 0 Å². The van der Waals surface area contributed by atoms with E-state index < -0.39 is 30.0 Å². The number of aliphatic carboxylic acids is 1. The van der Waals surface area contributed by atoms with E-state index in [1.165, 1.54) is 0 Å². The number of rotatable bonds is 6. The molecule has 1 saturated heterocycles. The van der Waals surface area contributed by atoms with Gasteiger partial charge in [-0.2, -0.15) is 13.2 Å². The fourth-order valence-electron chi connectivity index (χ4n) is 3.63. The Bertz CT molecular complexity index is 836. The lowest BCUT2D eigenvalue weighted by Gasteiger charge is -2.29. The van der Waals surface area contributed by atoms with E-state index in [4.69, 9.17) is 4.74 Å². The molecule has 0 radical (unpaired) electrons. The summed E-state index contributed by atoms with van der Waals surface area (Å²) >= 11 is 0. The maximum absolute atomic E-state index is 13.1. The van der Waals surface area contributed by atoms with Crippen molar-refractivity contribution < 1.29 is 27.8 Å². The zero-order valence-corrected chi connectivity index (χ0v) is 15.4. The molecular weight excluding hydrogens is 371 g/mol. The number of alkyl halides is 3. The topological polar surface area (TPSA) is 58.6 Å². The third-order valence-electron chi connectivity index (χ3n) is 5.26. The van der Waals surface area contributed by atoms with Gasteiger partial charge in [-0.25, -0.2) is 0 Å². The number of carboxylic acid groups (broad SMARTS) is 1. The van der Waals surface area contributed by atoms with Crippen molar-refractivity contribution in [3.8, 4) is 5.75 Å². The predicted molar refractivity (Wildman–Crippen MR) is 98.0 cm³/mol. The highest BCUT2D eigenvalue weighted by Gasteiger charge is 2.51. The standard InChI is InChI=1S/C21H22F3NO3/c1-14-4-2-3-5-15(14)13-28-18-8-6-16(7-9-18)20(11-19(26)27)10-17(12-25-20)21(22,23)24/h2-9,17,25H,10-13H2,1H3,(H,26,27)/t17-,20-/m0/s1. The van der Waals surface area contributed by atoms with Gasteiger partial charge < -0.3 is 15.2 Å². The summed E-state index contributed by atoms with van der Waals surface area (Å²) in [6.07, 6.45) is -5.07. The van der Waals surface area contributed by atoms with Crippen molar-refractivity contribution in [2.75, 3.05) is 6.54 Å². The smallest absolute Gasteiger partial charge is 0.393 e. The first-order chi connectivity index (χ1) is 13.2. The molecule has 2 N–H and O–H groups in total. The van der Waals surface area contributed by atoms with Crippen LogP contribution in [0.1, 0.15) is 29.5 Å². The molecule has 1 heterocycles. The first-order valence-electron chi connectivity index (χ1n) is 9.01. The number of hydrogen-bond acceptors (Lipinski definition) is 3. The normalized spacial score (nSPS) is 22.2. The summed E-state index contributed by atoms with van der Waals surface area (Å²) in [5, 5.41) is 12.1. The Kier molecular flexibility index (Phi) is 5.65. The Hall–Kier alpha value is -2.54. The fraction of sp³-hybridized carbons (Fsp3) is 0.381. The molecular formula is C21H22F3NO3. The van der Waals surface area contributed by atoms with Crippen LogP contribution < -0.4 is 10.1 Å². The highest BCUT2D eigenvalue weighted by atomic mass is 19.4. The maximum atomic E-state index is 13.1. The van der Waals surface area contributed by atoms with Crippen molar-refractivity contribution in [2.24, 2.45) is 5.92 Å². The SMILES string of the molecule is Cc1ccccc1COc1ccc([C@@]2(CC(=O)O)C[C@H](C(F)(F)F)CN2)cc1. The van der Waals surface area contributed by atoms with Gasteiger partial charge in [-0.15, -0.1) is 0 Å². The van der Waals surface area contributed by atoms with Crippen LogP contribution in [0, 0.1) is 12.8 Å². The Morgan fingerprint density at radius 1 is 1.21 bits per heavy atom. The second kappa shape index (κ2) is 7.83. The lowest BCUT2D eigenvalue weighted by Crippen LogP contribution is -2.38. The Morgan fingerprint density at radius 2 is 1.89 bits per heavy atom. The van der Waals surface area contributed by atoms with Crippen LogP contribution in [0.5, 0.6) is 5.75 Å². The summed E-state index contributed by atoms with van der Waals surface area (Å²) < 4.78 is 45.1. The van der Waals surface area contributed by atoms with Gasteiger partial charge in [-0.1, -0.05) is 36.4 Å². The van der Waals surface area contributed by atoms with Gasteiger partial charge in [-0.3, -0.25) is 4.79 Å². The van der Waals surface area contributed by atoms with Gasteiger partial charge >= 0.3 is 12.1 Å². The van der Waals surface area contributed by atoms with E-state index in [-0.39, 0.29) is 13.0 Å². The van der Waals surface area contributed by atoms with Crippen LogP contribution in [0.3, 0.4) is 0 Å². The third kappa shape index (κ3) is 4.47. The number of aryl methyl sites for hydroxylation is 1. The van der Waals surface area contributed by atoms with Crippen LogP contribution in [0.2, 0.25) is 0 Å². The molecule has 4 nitrogen and oxygen atoms in total. The average Bonchev–Trinajstić information content (AvgIpc) is 3.06. The number of carboxylic acids is 1. The Labute approximate surface area is 161 Å². The van der Waals surface area contributed by atoms with Crippen LogP contribution >= 0.6 is 0 Å². The van der Waals surface area contributed by atoms with E-state index in [0.717, 1.165) is 11.1 Å². The Morgan fingerprint density at radius 3 is 2.46 bits per heavy atom. The number of hydrogen-bond donors (Lipinski definition) is 2. The van der Waals surface area contributed by atoms with E-state index >= 15 is 0 Å². The van der Waals surface area contributed by atoms with E-state index in [1.807, 2.05) is 31.2 Å². The zero-order valence-electron chi connectivity index (χ0n) is 15.4. The maximum Gasteiger partial charge on any atom is 0.393 e. The highest BCUT2D eigenvalue weighted by Crippen LogP contribution is 2.43. The van der Waals surface area contributed by atoms with Gasteiger partial charge in [0, 0.05) is 6.54 Å². The van der Waals surface area contributed by atoms with Gasteiger partial charge in [0.25, 0.3) is 0 Å². The lowest BCUT2D eigenvalue weighted by atomic mass is 9.82. The number of benzene rings is 2. The quantitative estimate of drug-likeness (QED) is 0.763. The summed E-state index contributed by atoms with van der Waals surface area (Å²) in [5.74, 6) is -2.14. The molecule has 28 heavy (non-hydrogen) atoms. The molecule has 0 unspecified atom stereocenters. The molecule has 1 aliphatic heterocycles. The Balaban J connectivity index is 1.75. The monoisotopic (exact) mass is 393 g/mol. The molecule has 0 spiro atoms. The molecule has 1 fully saturated rings. The molecule has 2 atom stereocenters. The molecule has 0 bridgehead atoms. The minimum Gasteiger partial charge on any atom is -0.489 e. The summed E-state index contributed by atoms with van der Waals surface area (Å²) in [7, 11) is 0. The lowest BCUT2D eigenvalue weighted by molar-refractivity contribution is -0.170. The van der Waals surface area contributed by atoms with Gasteiger partial charge in [0.2, 0.25) is 0 Å². The van der Waals surface area contributed by atoms with Crippen LogP contribution in [0.25, 0.3) is 0 Å². The van der Waals surface area contributed by atoms with E-state index in [9.17, 15) is 23.1 Å². The molecule has 1 aliphatic rings. The van der Waals surface area contributed by atoms with E-state index in [0.29, 0.717) is 17.9 Å². The van der Waals surface area contributed by atoms with E-state index in [2.05, 4.69) is 5.32 Å². The molecule has 2 aromatic carbocycles. The summed E-state index contributed by atoms with van der Waals surface area (Å²) in [6, 6.07) is 14.4. The molecule has 0 saturated carbocycles. The highest BCUT2D eigenvalue weighted by molar-refractivity contribution is 5.69. The first kappa shape index (κ1) is 20.2. The van der Waals surface area contributed by atoms with E-state index in [1.54, 1.807) is 24.3 Å². The number of ether oxygens (including phenoxy) is 1. The van der Waals surface area contributed by atoms with Crippen molar-refractivity contribution in [2.45, 2.75) is 38.1 Å². The minimum absolute atomic E-state index is 0.289. The summed E-state index contributed by atoms with van der Waals surface area (Å²) in [4.78, 5) is 11.3. The molecule has 0 amide bonds. The van der Waals surface area contributed by atoms with Gasteiger partial charge in [0.05, 0.1) is 17.9 Å². The van der Waals surface area contributed by atoms with Gasteiger partial charge in [-0.05, 0) is 42.2 Å². The molecule has 0 aromatic heterocycles. The largest absolute Gasteiger partial charge is 0.489 e. The predicted octanol–water partition coefficient (Wildman–Crippen LogP) is 4.42. The average molecular weight is 393 g/mol. The third-order valence-corrected chi connectivity index (χ3v) is 5.26. The zero-order chi connectivity index (χ0) is 20.4. The number of halogens is 3. The van der Waals surface area contributed by atoms with Crippen LogP contribution in [-0.4, -0.2) is 23.8 Å². The summed E-state index contributed by atoms with van der Waals surface area (Å²) in [5.41, 5.74) is 1.43.